The minimum atomic E-state index is -0.563. The van der Waals surface area contributed by atoms with Crippen LogP contribution in [0.5, 0.6) is 5.75 Å². The van der Waals surface area contributed by atoms with Gasteiger partial charge in [0.05, 0.1) is 19.3 Å². The highest BCUT2D eigenvalue weighted by molar-refractivity contribution is 5.85. The van der Waals surface area contributed by atoms with Crippen LogP contribution in [0.3, 0.4) is 0 Å². The van der Waals surface area contributed by atoms with Crippen molar-refractivity contribution < 1.29 is 15.3 Å². The Balaban J connectivity index is 0.00000193. The van der Waals surface area contributed by atoms with Crippen molar-refractivity contribution in [2.45, 2.75) is 25.6 Å². The number of rotatable bonds is 7. The van der Waals surface area contributed by atoms with Crippen molar-refractivity contribution in [2.75, 3.05) is 33.3 Å². The van der Waals surface area contributed by atoms with E-state index in [1.165, 1.54) is 16.7 Å². The summed E-state index contributed by atoms with van der Waals surface area (Å²) in [5.74, 6) is 0.904. The number of ether oxygens (including phenoxy) is 1. The molecule has 0 amide bonds. The summed E-state index contributed by atoms with van der Waals surface area (Å²) < 4.78 is 5.37. The van der Waals surface area contributed by atoms with Gasteiger partial charge in [0.2, 0.25) is 0 Å². The van der Waals surface area contributed by atoms with Crippen LogP contribution in [0.4, 0.5) is 0 Å². The van der Waals surface area contributed by atoms with E-state index in [2.05, 4.69) is 59.2 Å². The largest absolute Gasteiger partial charge is 0.497 e. The molecule has 1 fully saturated rings. The zero-order valence-corrected chi connectivity index (χ0v) is 20.2. The molecule has 1 heterocycles. The summed E-state index contributed by atoms with van der Waals surface area (Å²) in [5.41, 5.74) is 4.67. The third-order valence-electron chi connectivity index (χ3n) is 6.29. The third-order valence-corrected chi connectivity index (χ3v) is 6.29. The lowest BCUT2D eigenvalue weighted by molar-refractivity contribution is 0.0146. The van der Waals surface area contributed by atoms with E-state index >= 15 is 0 Å². The summed E-state index contributed by atoms with van der Waals surface area (Å²) in [6.45, 7) is 6.85. The lowest BCUT2D eigenvalue weighted by Crippen LogP contribution is -2.48. The van der Waals surface area contributed by atoms with Crippen molar-refractivity contribution in [3.05, 3.63) is 101 Å². The van der Waals surface area contributed by atoms with Gasteiger partial charge in [-0.15, -0.1) is 12.4 Å². The average molecular weight is 471 g/mol. The maximum absolute atomic E-state index is 11.4. The predicted octanol–water partition coefficient (Wildman–Crippen LogP) is 4.19. The zero-order chi connectivity index (χ0) is 21.6. The zero-order valence-electron chi connectivity index (χ0n) is 19.4. The van der Waals surface area contributed by atoms with Gasteiger partial charge < -0.3 is 15.3 Å². The molecule has 3 aromatic rings. The molecule has 0 aromatic heterocycles. The molecule has 2 atom stereocenters. The molecule has 178 valence electrons. The van der Waals surface area contributed by atoms with Crippen molar-refractivity contribution in [1.82, 2.24) is 9.80 Å². The number of benzene rings is 3. The van der Waals surface area contributed by atoms with Crippen LogP contribution in [0.2, 0.25) is 0 Å². The van der Waals surface area contributed by atoms with Crippen LogP contribution in [0.1, 0.15) is 34.4 Å². The molecule has 0 radical (unpaired) electrons. The number of piperazine rings is 1. The highest BCUT2D eigenvalue weighted by Gasteiger charge is 2.32. The summed E-state index contributed by atoms with van der Waals surface area (Å²) in [5, 5.41) is 11.4. The Bertz CT molecular complexity index is 978. The molecule has 6 heteroatoms. The van der Waals surface area contributed by atoms with E-state index in [-0.39, 0.29) is 23.9 Å². The van der Waals surface area contributed by atoms with E-state index in [1.807, 2.05) is 36.4 Å². The van der Waals surface area contributed by atoms with Crippen molar-refractivity contribution in [2.24, 2.45) is 0 Å². The summed E-state index contributed by atoms with van der Waals surface area (Å²) in [6, 6.07) is 26.7. The maximum Gasteiger partial charge on any atom is 0.119 e. The fourth-order valence-electron chi connectivity index (χ4n) is 4.55. The van der Waals surface area contributed by atoms with Gasteiger partial charge in [0, 0.05) is 32.7 Å². The van der Waals surface area contributed by atoms with Crippen LogP contribution in [0, 0.1) is 6.92 Å². The number of halogens is 1. The molecule has 0 spiro atoms. The molecule has 0 aliphatic carbocycles. The summed E-state index contributed by atoms with van der Waals surface area (Å²) in [6.07, 6.45) is -0.563. The van der Waals surface area contributed by atoms with Gasteiger partial charge in [0.1, 0.15) is 5.75 Å². The van der Waals surface area contributed by atoms with Crippen LogP contribution in [0.25, 0.3) is 0 Å². The Kier molecular flexibility index (Phi) is 10.4. The monoisotopic (exact) mass is 470 g/mol. The number of aliphatic hydroxyl groups is 1. The second-order valence-electron chi connectivity index (χ2n) is 8.32. The van der Waals surface area contributed by atoms with Gasteiger partial charge in [0.25, 0.3) is 0 Å². The van der Waals surface area contributed by atoms with Gasteiger partial charge in [-0.25, -0.2) is 0 Å². The Hall–Kier alpha value is -2.41. The first-order valence-electron chi connectivity index (χ1n) is 11.0. The summed E-state index contributed by atoms with van der Waals surface area (Å²) in [4.78, 5) is 4.93. The quantitative estimate of drug-likeness (QED) is 0.562. The average Bonchev–Trinajstić information content (AvgIpc) is 2.82. The number of aryl methyl sites for hydroxylation is 1. The Morgan fingerprint density at radius 3 is 2.21 bits per heavy atom. The van der Waals surface area contributed by atoms with Crippen LogP contribution in [-0.4, -0.2) is 53.7 Å². The molecule has 0 bridgehead atoms. The molecule has 33 heavy (non-hydrogen) atoms. The molecule has 5 nitrogen and oxygen atoms in total. The maximum atomic E-state index is 11.4. The van der Waals surface area contributed by atoms with Crippen molar-refractivity contribution >= 4 is 12.4 Å². The van der Waals surface area contributed by atoms with Crippen molar-refractivity contribution in [3.8, 4) is 5.75 Å². The van der Waals surface area contributed by atoms with E-state index in [4.69, 9.17) is 4.74 Å². The third kappa shape index (κ3) is 6.56. The van der Waals surface area contributed by atoms with Gasteiger partial charge in [-0.05, 0) is 41.3 Å². The molecule has 3 N–H and O–H groups in total. The van der Waals surface area contributed by atoms with Crippen LogP contribution in [0.15, 0.2) is 78.9 Å². The Morgan fingerprint density at radius 1 is 0.879 bits per heavy atom. The first-order chi connectivity index (χ1) is 15.2. The fourth-order valence-corrected chi connectivity index (χ4v) is 4.55. The molecule has 1 aliphatic rings. The highest BCUT2D eigenvalue weighted by atomic mass is 35.5. The molecule has 1 aliphatic heterocycles. The number of nitrogens with zero attached hydrogens (tertiary/aromatic N) is 2. The summed E-state index contributed by atoms with van der Waals surface area (Å²) in [7, 11) is 1.71. The molecular formula is C27H35ClN2O3. The molecular weight excluding hydrogens is 436 g/mol. The Morgan fingerprint density at radius 2 is 1.55 bits per heavy atom. The lowest BCUT2D eigenvalue weighted by atomic mass is 9.91. The number of hydrogen-bond donors (Lipinski definition) is 1. The van der Waals surface area contributed by atoms with Gasteiger partial charge in [0.15, 0.2) is 0 Å². The van der Waals surface area contributed by atoms with Crippen LogP contribution in [-0.2, 0) is 6.54 Å². The normalized spacial score (nSPS) is 16.2. The molecule has 2 unspecified atom stereocenters. The number of methoxy groups -OCH3 is 1. The smallest absolute Gasteiger partial charge is 0.119 e. The second kappa shape index (κ2) is 12.7. The second-order valence-corrected chi connectivity index (χ2v) is 8.32. The Labute approximate surface area is 203 Å². The number of hydrogen-bond acceptors (Lipinski definition) is 4. The molecule has 3 aromatic carbocycles. The van der Waals surface area contributed by atoms with Gasteiger partial charge >= 0.3 is 0 Å². The topological polar surface area (TPSA) is 67.4 Å². The molecule has 0 saturated carbocycles. The van der Waals surface area contributed by atoms with Gasteiger partial charge in [-0.3, -0.25) is 9.80 Å². The fraction of sp³-hybridized carbons (Fsp3) is 0.333. The first-order valence-corrected chi connectivity index (χ1v) is 11.0. The lowest BCUT2D eigenvalue weighted by Gasteiger charge is -2.42. The molecule has 4 rings (SSSR count). The SMILES string of the molecule is COc1cccc(CN2CCN(C(c3ccccc3C)C(O)c3ccccc3)CC2)c1.Cl.O. The van der Waals surface area contributed by atoms with E-state index < -0.39 is 6.10 Å². The van der Waals surface area contributed by atoms with Crippen molar-refractivity contribution in [1.29, 1.82) is 0 Å². The number of aliphatic hydroxyl groups excluding tert-OH is 1. The van der Waals surface area contributed by atoms with E-state index in [0.717, 1.165) is 44.0 Å². The highest BCUT2D eigenvalue weighted by Crippen LogP contribution is 2.36. The van der Waals surface area contributed by atoms with Gasteiger partial charge in [-0.1, -0.05) is 66.7 Å². The van der Waals surface area contributed by atoms with E-state index in [9.17, 15) is 5.11 Å². The minimum Gasteiger partial charge on any atom is -0.497 e. The van der Waals surface area contributed by atoms with E-state index in [1.54, 1.807) is 7.11 Å². The predicted molar refractivity (Wildman–Crippen MR) is 136 cm³/mol. The van der Waals surface area contributed by atoms with E-state index in [0.29, 0.717) is 0 Å². The van der Waals surface area contributed by atoms with Crippen LogP contribution >= 0.6 is 12.4 Å². The van der Waals surface area contributed by atoms with Crippen LogP contribution < -0.4 is 4.74 Å². The molecule has 1 saturated heterocycles. The van der Waals surface area contributed by atoms with Crippen molar-refractivity contribution in [3.63, 3.8) is 0 Å². The first kappa shape index (κ1) is 26.8. The minimum absolute atomic E-state index is 0. The summed E-state index contributed by atoms with van der Waals surface area (Å²) >= 11 is 0. The van der Waals surface area contributed by atoms with Gasteiger partial charge in [-0.2, -0.15) is 0 Å². The standard InChI is InChI=1S/C27H32N2O2.ClH.H2O/c1-21-9-6-7-14-25(21)26(27(30)23-11-4-3-5-12-23)29-17-15-28(16-18-29)20-22-10-8-13-24(19-22)31-2;;/h3-14,19,26-27,30H,15-18,20H2,1-2H3;1H;1H2.